The maximum atomic E-state index is 13.3. The van der Waals surface area contributed by atoms with Crippen LogP contribution in [0.3, 0.4) is 0 Å². The molecule has 1 unspecified atom stereocenters. The fourth-order valence-electron chi connectivity index (χ4n) is 6.30. The number of halogens is 3. The van der Waals surface area contributed by atoms with Crippen molar-refractivity contribution in [2.24, 2.45) is 11.3 Å². The molecule has 1 saturated carbocycles. The van der Waals surface area contributed by atoms with Crippen LogP contribution in [0.4, 0.5) is 13.2 Å². The van der Waals surface area contributed by atoms with Gasteiger partial charge in [0.25, 0.3) is 11.5 Å². The van der Waals surface area contributed by atoms with Crippen molar-refractivity contribution in [1.29, 1.82) is 0 Å². The summed E-state index contributed by atoms with van der Waals surface area (Å²) in [5.74, 6) is -2.69. The highest BCUT2D eigenvalue weighted by Gasteiger charge is 2.56. The standard InChI is InChI=1S/C29H36F3N3O5/c1-33(2)26(39)23-16-35(24(37)14-22(23)20-8-4-3-5-9-20)19-28(40)12-13-34(18-27(28)10-6-7-11-27)25(38)21(17-36)15-29(30,31)32/h3-5,8-9,14,16,21,36,40H,6-7,10-13,15,17-19H2,1-2H3/t21?,28-/m1/s1. The molecular formula is C29H36F3N3O5. The highest BCUT2D eigenvalue weighted by molar-refractivity contribution is 6.00. The van der Waals surface area contributed by atoms with Gasteiger partial charge in [0.15, 0.2) is 0 Å². The van der Waals surface area contributed by atoms with Crippen molar-refractivity contribution < 1.29 is 33.0 Å². The Balaban J connectivity index is 1.67. The van der Waals surface area contributed by atoms with Crippen molar-refractivity contribution in [3.8, 4) is 11.1 Å². The van der Waals surface area contributed by atoms with Gasteiger partial charge in [-0.2, -0.15) is 13.2 Å². The van der Waals surface area contributed by atoms with Crippen LogP contribution in [0.15, 0.2) is 47.4 Å². The van der Waals surface area contributed by atoms with Gasteiger partial charge in [-0.15, -0.1) is 0 Å². The minimum atomic E-state index is -4.60. The molecule has 1 aromatic carbocycles. The molecule has 4 rings (SSSR count). The third-order valence-electron chi connectivity index (χ3n) is 8.48. The Morgan fingerprint density at radius 2 is 1.75 bits per heavy atom. The topological polar surface area (TPSA) is 103 Å². The molecule has 2 heterocycles. The van der Waals surface area contributed by atoms with Gasteiger partial charge in [0, 0.05) is 50.4 Å². The normalized spacial score (nSPS) is 21.4. The van der Waals surface area contributed by atoms with Crippen LogP contribution < -0.4 is 5.56 Å². The average molecular weight is 564 g/mol. The summed E-state index contributed by atoms with van der Waals surface area (Å²) in [6.07, 6.45) is -1.89. The molecule has 1 aliphatic heterocycles. The zero-order valence-corrected chi connectivity index (χ0v) is 22.8. The van der Waals surface area contributed by atoms with Crippen LogP contribution >= 0.6 is 0 Å². The van der Waals surface area contributed by atoms with E-state index in [-0.39, 0.29) is 32.0 Å². The number of pyridine rings is 1. The van der Waals surface area contributed by atoms with Gasteiger partial charge in [-0.05, 0) is 24.8 Å². The Morgan fingerprint density at radius 1 is 1.10 bits per heavy atom. The molecule has 2 aromatic rings. The predicted octanol–water partition coefficient (Wildman–Crippen LogP) is 3.30. The number of likely N-dealkylation sites (tertiary alicyclic amines) is 1. The minimum Gasteiger partial charge on any atom is -0.396 e. The van der Waals surface area contributed by atoms with E-state index in [0.717, 1.165) is 12.8 Å². The smallest absolute Gasteiger partial charge is 0.389 e. The van der Waals surface area contributed by atoms with Crippen LogP contribution in [0.25, 0.3) is 11.1 Å². The van der Waals surface area contributed by atoms with Crippen molar-refractivity contribution in [2.45, 2.75) is 56.8 Å². The Labute approximate surface area is 231 Å². The van der Waals surface area contributed by atoms with Gasteiger partial charge in [-0.25, -0.2) is 0 Å². The lowest BCUT2D eigenvalue weighted by Gasteiger charge is -2.52. The maximum Gasteiger partial charge on any atom is 0.389 e. The van der Waals surface area contributed by atoms with E-state index in [9.17, 15) is 37.8 Å². The van der Waals surface area contributed by atoms with Crippen LogP contribution in [0.2, 0.25) is 0 Å². The molecule has 11 heteroatoms. The zero-order chi connectivity index (χ0) is 29.3. The number of aromatic nitrogens is 1. The summed E-state index contributed by atoms with van der Waals surface area (Å²) in [7, 11) is 3.22. The second kappa shape index (κ2) is 11.4. The molecule has 2 fully saturated rings. The highest BCUT2D eigenvalue weighted by atomic mass is 19.4. The van der Waals surface area contributed by atoms with E-state index in [4.69, 9.17) is 0 Å². The molecule has 2 amide bonds. The second-order valence-electron chi connectivity index (χ2n) is 11.4. The fourth-order valence-corrected chi connectivity index (χ4v) is 6.30. The van der Waals surface area contributed by atoms with Crippen molar-refractivity contribution in [1.82, 2.24) is 14.4 Å². The van der Waals surface area contributed by atoms with E-state index >= 15 is 0 Å². The van der Waals surface area contributed by atoms with E-state index in [1.54, 1.807) is 26.2 Å². The molecular weight excluding hydrogens is 527 g/mol. The lowest BCUT2D eigenvalue weighted by atomic mass is 9.65. The molecule has 40 heavy (non-hydrogen) atoms. The van der Waals surface area contributed by atoms with Crippen molar-refractivity contribution in [3.05, 3.63) is 58.5 Å². The van der Waals surface area contributed by atoms with Gasteiger partial charge in [-0.1, -0.05) is 43.2 Å². The molecule has 2 atom stereocenters. The lowest BCUT2D eigenvalue weighted by Crippen LogP contribution is -2.62. The van der Waals surface area contributed by atoms with E-state index < -0.39 is 47.6 Å². The number of rotatable bonds is 7. The maximum absolute atomic E-state index is 13.3. The Hall–Kier alpha value is -3.18. The Bertz CT molecular complexity index is 1290. The Kier molecular flexibility index (Phi) is 8.46. The van der Waals surface area contributed by atoms with Crippen molar-refractivity contribution >= 4 is 11.8 Å². The summed E-state index contributed by atoms with van der Waals surface area (Å²) in [5, 5.41) is 21.6. The minimum absolute atomic E-state index is 0.00816. The van der Waals surface area contributed by atoms with Gasteiger partial charge in [0.2, 0.25) is 5.91 Å². The number of benzene rings is 1. The second-order valence-corrected chi connectivity index (χ2v) is 11.4. The number of aliphatic hydroxyl groups excluding tert-OH is 1. The molecule has 1 spiro atoms. The number of amides is 2. The number of hydrogen-bond acceptors (Lipinski definition) is 5. The number of carbonyl (C=O) groups is 2. The molecule has 1 aromatic heterocycles. The van der Waals surface area contributed by atoms with Gasteiger partial charge >= 0.3 is 6.18 Å². The summed E-state index contributed by atoms with van der Waals surface area (Å²) in [6.45, 7) is -1.01. The summed E-state index contributed by atoms with van der Waals surface area (Å²) in [4.78, 5) is 42.2. The average Bonchev–Trinajstić information content (AvgIpc) is 3.39. The first kappa shape index (κ1) is 29.8. The summed E-state index contributed by atoms with van der Waals surface area (Å²) in [5.41, 5.74) is -1.20. The first-order chi connectivity index (χ1) is 18.8. The molecule has 1 saturated heterocycles. The number of hydrogen-bond donors (Lipinski definition) is 2. The fraction of sp³-hybridized carbons (Fsp3) is 0.552. The molecule has 1 aliphatic carbocycles. The number of alkyl halides is 3. The van der Waals surface area contributed by atoms with Gasteiger partial charge < -0.3 is 24.6 Å². The number of aliphatic hydroxyl groups is 2. The third-order valence-corrected chi connectivity index (χ3v) is 8.48. The van der Waals surface area contributed by atoms with Crippen molar-refractivity contribution in [2.75, 3.05) is 33.8 Å². The zero-order valence-electron chi connectivity index (χ0n) is 22.8. The summed E-state index contributed by atoms with van der Waals surface area (Å²) < 4.78 is 40.4. The first-order valence-corrected chi connectivity index (χ1v) is 13.5. The summed E-state index contributed by atoms with van der Waals surface area (Å²) >= 11 is 0. The molecule has 2 aliphatic rings. The first-order valence-electron chi connectivity index (χ1n) is 13.5. The van der Waals surface area contributed by atoms with Gasteiger partial charge in [0.1, 0.15) is 0 Å². The van der Waals surface area contributed by atoms with Gasteiger partial charge in [-0.3, -0.25) is 14.4 Å². The van der Waals surface area contributed by atoms with Crippen LogP contribution in [-0.2, 0) is 11.3 Å². The van der Waals surface area contributed by atoms with Crippen LogP contribution in [0.1, 0.15) is 48.9 Å². The quantitative estimate of drug-likeness (QED) is 0.538. The molecule has 8 nitrogen and oxygen atoms in total. The third kappa shape index (κ3) is 5.95. The van der Waals surface area contributed by atoms with E-state index in [1.165, 1.54) is 26.6 Å². The SMILES string of the molecule is CN(C)C(=O)c1cn(C[C@]2(O)CCN(C(=O)C(CO)CC(F)(F)F)CC23CCCC3)c(=O)cc1-c1ccccc1. The number of carbonyl (C=O) groups excluding carboxylic acids is 2. The van der Waals surface area contributed by atoms with Crippen LogP contribution in [0, 0.1) is 11.3 Å². The number of nitrogens with zero attached hydrogens (tertiary/aromatic N) is 3. The number of piperidine rings is 1. The van der Waals surface area contributed by atoms with Gasteiger partial charge in [0.05, 0.1) is 36.7 Å². The predicted molar refractivity (Wildman–Crippen MR) is 142 cm³/mol. The largest absolute Gasteiger partial charge is 0.396 e. The van der Waals surface area contributed by atoms with Crippen LogP contribution in [-0.4, -0.2) is 82.0 Å². The summed E-state index contributed by atoms with van der Waals surface area (Å²) in [6, 6.07) is 10.4. The molecule has 0 bridgehead atoms. The Morgan fingerprint density at radius 3 is 2.33 bits per heavy atom. The lowest BCUT2D eigenvalue weighted by molar-refractivity contribution is -0.175. The van der Waals surface area contributed by atoms with Crippen LogP contribution in [0.5, 0.6) is 0 Å². The van der Waals surface area contributed by atoms with Crippen molar-refractivity contribution in [3.63, 3.8) is 0 Å². The van der Waals surface area contributed by atoms with E-state index in [1.807, 2.05) is 18.2 Å². The molecule has 2 N–H and O–H groups in total. The van der Waals surface area contributed by atoms with E-state index in [2.05, 4.69) is 0 Å². The van der Waals surface area contributed by atoms with E-state index in [0.29, 0.717) is 29.5 Å². The molecule has 0 radical (unpaired) electrons. The molecule has 218 valence electrons. The highest BCUT2D eigenvalue weighted by Crippen LogP contribution is 2.52. The monoisotopic (exact) mass is 563 g/mol.